The Morgan fingerprint density at radius 2 is 1.62 bits per heavy atom. The Kier molecular flexibility index (Phi) is 6.84. The summed E-state index contributed by atoms with van der Waals surface area (Å²) in [6.07, 6.45) is -0.258. The first-order valence-corrected chi connectivity index (χ1v) is 9.57. The molecule has 0 fully saturated rings. The van der Waals surface area contributed by atoms with Gasteiger partial charge in [-0.05, 0) is 65.2 Å². The van der Waals surface area contributed by atoms with Crippen molar-refractivity contribution in [3.63, 3.8) is 0 Å². The molecule has 0 saturated carbocycles. The fourth-order valence-corrected chi connectivity index (χ4v) is 3.37. The summed E-state index contributed by atoms with van der Waals surface area (Å²) in [6.45, 7) is 12.6. The molecule has 2 amide bonds. The number of amides is 2. The molecule has 0 saturated heterocycles. The fraction of sp³-hybridized carbons (Fsp3) is 0.409. The van der Waals surface area contributed by atoms with E-state index in [2.05, 4.69) is 15.6 Å². The third-order valence-corrected chi connectivity index (χ3v) is 4.56. The number of aromatic amines is 1. The highest BCUT2D eigenvalue weighted by Gasteiger charge is 2.24. The van der Waals surface area contributed by atoms with Crippen molar-refractivity contribution >= 4 is 23.5 Å². The normalized spacial score (nSPS) is 10.8. The lowest BCUT2D eigenvalue weighted by Gasteiger charge is -2.13. The molecule has 3 N–H and O–H groups in total. The molecule has 1 aromatic heterocycles. The molecule has 0 aliphatic rings. The van der Waals surface area contributed by atoms with Gasteiger partial charge in [0.2, 0.25) is 5.91 Å². The van der Waals surface area contributed by atoms with Gasteiger partial charge in [-0.1, -0.05) is 17.7 Å². The number of hydrogen-bond donors (Lipinski definition) is 3. The van der Waals surface area contributed by atoms with Gasteiger partial charge in [0.05, 0.1) is 18.2 Å². The summed E-state index contributed by atoms with van der Waals surface area (Å²) in [5, 5.41) is 5.44. The second kappa shape index (κ2) is 8.94. The number of hydrogen-bond acceptors (Lipinski definition) is 4. The van der Waals surface area contributed by atoms with E-state index in [1.54, 1.807) is 27.7 Å². The van der Waals surface area contributed by atoms with Crippen LogP contribution >= 0.6 is 0 Å². The lowest BCUT2D eigenvalue weighted by atomic mass is 10.1. The van der Waals surface area contributed by atoms with Crippen molar-refractivity contribution in [1.29, 1.82) is 0 Å². The lowest BCUT2D eigenvalue weighted by molar-refractivity contribution is -0.115. The third-order valence-electron chi connectivity index (χ3n) is 4.56. The first-order chi connectivity index (χ1) is 13.5. The average Bonchev–Trinajstić information content (AvgIpc) is 2.89. The van der Waals surface area contributed by atoms with Gasteiger partial charge in [0.15, 0.2) is 0 Å². The lowest BCUT2D eigenvalue weighted by Crippen LogP contribution is -2.33. The summed E-state index contributed by atoms with van der Waals surface area (Å²) in [4.78, 5) is 40.0. The Balaban J connectivity index is 2.06. The van der Waals surface area contributed by atoms with E-state index in [9.17, 15) is 14.4 Å². The highest BCUT2D eigenvalue weighted by Crippen LogP contribution is 2.22. The largest absolute Gasteiger partial charge is 0.459 e. The smallest absolute Gasteiger partial charge is 0.340 e. The molecule has 0 aliphatic heterocycles. The molecule has 29 heavy (non-hydrogen) atoms. The van der Waals surface area contributed by atoms with E-state index < -0.39 is 11.9 Å². The molecular formula is C22H29N3O4. The van der Waals surface area contributed by atoms with Gasteiger partial charge in [-0.2, -0.15) is 0 Å². The number of aryl methyl sites for hydroxylation is 4. The number of benzene rings is 1. The predicted octanol–water partition coefficient (Wildman–Crippen LogP) is 3.49. The highest BCUT2D eigenvalue weighted by molar-refractivity contribution is 6.02. The van der Waals surface area contributed by atoms with Crippen molar-refractivity contribution in [2.24, 2.45) is 0 Å². The number of anilines is 1. The Morgan fingerprint density at radius 3 is 2.17 bits per heavy atom. The van der Waals surface area contributed by atoms with Gasteiger partial charge in [-0.15, -0.1) is 0 Å². The number of ether oxygens (including phenoxy) is 1. The zero-order chi connectivity index (χ0) is 21.9. The minimum Gasteiger partial charge on any atom is -0.459 e. The molecule has 0 spiro atoms. The summed E-state index contributed by atoms with van der Waals surface area (Å²) < 4.78 is 5.23. The SMILES string of the molecule is Cc1cc(C)c(NC(=O)CNC(=O)c2[nH]c(C)c(C(=O)OC(C)C)c2C)c(C)c1. The van der Waals surface area contributed by atoms with Crippen LogP contribution in [0.25, 0.3) is 0 Å². The molecule has 7 heteroatoms. The topological polar surface area (TPSA) is 100 Å². The van der Waals surface area contributed by atoms with Crippen LogP contribution in [0.2, 0.25) is 0 Å². The number of carbonyl (C=O) groups excluding carboxylic acids is 3. The maximum absolute atomic E-state index is 12.5. The van der Waals surface area contributed by atoms with E-state index in [1.807, 2.05) is 32.9 Å². The van der Waals surface area contributed by atoms with Crippen LogP contribution in [-0.2, 0) is 9.53 Å². The number of carbonyl (C=O) groups is 3. The monoisotopic (exact) mass is 399 g/mol. The molecular weight excluding hydrogens is 370 g/mol. The third kappa shape index (κ3) is 5.25. The van der Waals surface area contributed by atoms with Crippen molar-refractivity contribution in [1.82, 2.24) is 10.3 Å². The van der Waals surface area contributed by atoms with E-state index in [-0.39, 0.29) is 24.2 Å². The van der Waals surface area contributed by atoms with E-state index in [1.165, 1.54) is 0 Å². The van der Waals surface area contributed by atoms with Crippen LogP contribution in [0.1, 0.15) is 62.6 Å². The highest BCUT2D eigenvalue weighted by atomic mass is 16.5. The molecule has 0 radical (unpaired) electrons. The first kappa shape index (κ1) is 22.2. The Hall–Kier alpha value is -3.09. The number of rotatable bonds is 6. The van der Waals surface area contributed by atoms with Crippen molar-refractivity contribution in [2.45, 2.75) is 54.6 Å². The molecule has 1 heterocycles. The minimum absolute atomic E-state index is 0.186. The molecule has 0 atom stereocenters. The quantitative estimate of drug-likeness (QED) is 0.647. The second-order valence-electron chi connectivity index (χ2n) is 7.58. The van der Waals surface area contributed by atoms with Crippen LogP contribution in [0.15, 0.2) is 12.1 Å². The van der Waals surface area contributed by atoms with Crippen LogP contribution < -0.4 is 10.6 Å². The maximum Gasteiger partial charge on any atom is 0.340 e. The van der Waals surface area contributed by atoms with Crippen molar-refractivity contribution in [3.8, 4) is 0 Å². The Bertz CT molecular complexity index is 934. The van der Waals surface area contributed by atoms with Crippen LogP contribution in [0.3, 0.4) is 0 Å². The van der Waals surface area contributed by atoms with E-state index in [4.69, 9.17) is 4.74 Å². The van der Waals surface area contributed by atoms with E-state index in [0.29, 0.717) is 16.8 Å². The molecule has 0 unspecified atom stereocenters. The number of aromatic nitrogens is 1. The van der Waals surface area contributed by atoms with Gasteiger partial charge < -0.3 is 20.4 Å². The first-order valence-electron chi connectivity index (χ1n) is 9.57. The van der Waals surface area contributed by atoms with E-state index >= 15 is 0 Å². The zero-order valence-corrected chi connectivity index (χ0v) is 18.1. The molecule has 7 nitrogen and oxygen atoms in total. The van der Waals surface area contributed by atoms with Gasteiger partial charge in [0.25, 0.3) is 5.91 Å². The van der Waals surface area contributed by atoms with Gasteiger partial charge in [0, 0.05) is 11.4 Å². The Labute approximate surface area is 171 Å². The molecule has 0 aliphatic carbocycles. The zero-order valence-electron chi connectivity index (χ0n) is 18.1. The van der Waals surface area contributed by atoms with Crippen LogP contribution in [0.4, 0.5) is 5.69 Å². The maximum atomic E-state index is 12.5. The average molecular weight is 399 g/mol. The van der Waals surface area contributed by atoms with Gasteiger partial charge >= 0.3 is 5.97 Å². The summed E-state index contributed by atoms with van der Waals surface area (Å²) in [6, 6.07) is 3.98. The summed E-state index contributed by atoms with van der Waals surface area (Å²) in [7, 11) is 0. The number of H-pyrrole nitrogens is 1. The van der Waals surface area contributed by atoms with Crippen molar-refractivity contribution in [3.05, 3.63) is 51.3 Å². The van der Waals surface area contributed by atoms with Crippen LogP contribution in [0, 0.1) is 34.6 Å². The van der Waals surface area contributed by atoms with Gasteiger partial charge in [-0.3, -0.25) is 9.59 Å². The Morgan fingerprint density at radius 1 is 1.03 bits per heavy atom. The van der Waals surface area contributed by atoms with Crippen LogP contribution in [-0.4, -0.2) is 35.4 Å². The molecule has 0 bridgehead atoms. The predicted molar refractivity (Wildman–Crippen MR) is 112 cm³/mol. The standard InChI is InChI=1S/C22H29N3O4/c1-11(2)29-22(28)18-15(6)20(24-16(18)7)21(27)23-10-17(26)25-19-13(4)8-12(3)9-14(19)5/h8-9,11,24H,10H2,1-7H3,(H,23,27)(H,25,26). The summed E-state index contributed by atoms with van der Waals surface area (Å²) in [5.74, 6) is -1.26. The van der Waals surface area contributed by atoms with Crippen molar-refractivity contribution in [2.75, 3.05) is 11.9 Å². The molecule has 2 aromatic rings. The minimum atomic E-state index is -0.478. The summed E-state index contributed by atoms with van der Waals surface area (Å²) >= 11 is 0. The van der Waals surface area contributed by atoms with Gasteiger partial charge in [-0.25, -0.2) is 4.79 Å². The van der Waals surface area contributed by atoms with E-state index in [0.717, 1.165) is 22.4 Å². The number of nitrogens with one attached hydrogen (secondary N) is 3. The van der Waals surface area contributed by atoms with Crippen LogP contribution in [0.5, 0.6) is 0 Å². The van der Waals surface area contributed by atoms with Crippen molar-refractivity contribution < 1.29 is 19.1 Å². The van der Waals surface area contributed by atoms with Gasteiger partial charge in [0.1, 0.15) is 5.69 Å². The summed E-state index contributed by atoms with van der Waals surface area (Å²) in [5.41, 5.74) is 5.44. The fourth-order valence-electron chi connectivity index (χ4n) is 3.37. The number of esters is 1. The second-order valence-corrected chi connectivity index (χ2v) is 7.58. The molecule has 156 valence electrons. The molecule has 1 aromatic carbocycles. The molecule has 2 rings (SSSR count).